The summed E-state index contributed by atoms with van der Waals surface area (Å²) in [7, 11) is 0. The number of fused-ring (bicyclic) bond motifs is 9. The van der Waals surface area contributed by atoms with Gasteiger partial charge in [-0.2, -0.15) is 0 Å². The van der Waals surface area contributed by atoms with Gasteiger partial charge >= 0.3 is 0 Å². The van der Waals surface area contributed by atoms with E-state index in [1.165, 1.54) is 54.9 Å². The predicted molar refractivity (Wildman–Crippen MR) is 206 cm³/mol. The first-order valence-electron chi connectivity index (χ1n) is 17.0. The van der Waals surface area contributed by atoms with E-state index in [-0.39, 0.29) is 5.41 Å². The van der Waals surface area contributed by atoms with Crippen LogP contribution in [0.5, 0.6) is 0 Å². The van der Waals surface area contributed by atoms with Crippen LogP contribution in [-0.2, 0) is 5.41 Å². The number of furan rings is 1. The molecule has 232 valence electrons. The lowest BCUT2D eigenvalue weighted by molar-refractivity contribution is 0.660. The Bertz CT molecular complexity index is 2750. The zero-order valence-corrected chi connectivity index (χ0v) is 27.4. The molecule has 2 nitrogen and oxygen atoms in total. The van der Waals surface area contributed by atoms with E-state index < -0.39 is 0 Å². The van der Waals surface area contributed by atoms with Gasteiger partial charge in [-0.25, -0.2) is 0 Å². The largest absolute Gasteiger partial charge is 0.456 e. The van der Waals surface area contributed by atoms with Crippen LogP contribution in [0.1, 0.15) is 25.0 Å². The van der Waals surface area contributed by atoms with E-state index in [4.69, 9.17) is 4.42 Å². The van der Waals surface area contributed by atoms with E-state index in [1.807, 2.05) is 0 Å². The Hall–Kier alpha value is -6.12. The summed E-state index contributed by atoms with van der Waals surface area (Å²) in [6.45, 7) is 4.69. The molecule has 0 unspecified atom stereocenters. The number of benzene rings is 8. The molecule has 1 heterocycles. The van der Waals surface area contributed by atoms with Gasteiger partial charge in [0.25, 0.3) is 0 Å². The highest BCUT2D eigenvalue weighted by atomic mass is 16.3. The lowest BCUT2D eigenvalue weighted by atomic mass is 9.82. The molecule has 0 spiro atoms. The first-order chi connectivity index (χ1) is 24.0. The van der Waals surface area contributed by atoms with Crippen molar-refractivity contribution in [3.8, 4) is 22.3 Å². The average Bonchev–Trinajstić information content (AvgIpc) is 3.63. The fraction of sp³-hybridized carbons (Fsp3) is 0.0638. The first kappa shape index (κ1) is 27.9. The molecule has 1 aliphatic rings. The van der Waals surface area contributed by atoms with E-state index in [9.17, 15) is 0 Å². The maximum atomic E-state index is 6.78. The minimum absolute atomic E-state index is 0.100. The summed E-state index contributed by atoms with van der Waals surface area (Å²) < 4.78 is 6.78. The molecule has 1 aromatic heterocycles. The highest BCUT2D eigenvalue weighted by Crippen LogP contribution is 2.51. The highest BCUT2D eigenvalue weighted by molar-refractivity contribution is 6.22. The maximum absolute atomic E-state index is 6.78. The zero-order chi connectivity index (χ0) is 32.7. The Morgan fingerprint density at radius 1 is 0.429 bits per heavy atom. The van der Waals surface area contributed by atoms with Gasteiger partial charge in [-0.1, -0.05) is 129 Å². The maximum Gasteiger partial charge on any atom is 0.137 e. The van der Waals surface area contributed by atoms with Gasteiger partial charge in [-0.05, 0) is 97.4 Å². The van der Waals surface area contributed by atoms with Crippen LogP contribution in [0, 0.1) is 0 Å². The topological polar surface area (TPSA) is 16.4 Å². The lowest BCUT2D eigenvalue weighted by Gasteiger charge is -2.28. The standard InChI is InChI=1S/C47H33NO/c1-47(2)42-19-11-10-17-37(42)38-24-22-34(27-43(38)47)48(33-21-20-30-12-6-7-15-32(30)26-33)35-23-25-40-44(28-35)49-45-29-41(31-13-4-3-5-14-31)36-16-8-9-18-39(36)46(40)45/h3-29H,1-2H3. The normalized spacial score (nSPS) is 13.3. The van der Waals surface area contributed by atoms with E-state index in [1.54, 1.807) is 0 Å². The molecule has 0 bridgehead atoms. The monoisotopic (exact) mass is 627 g/mol. The summed E-state index contributed by atoms with van der Waals surface area (Å²) in [5, 5.41) is 7.16. The second kappa shape index (κ2) is 10.4. The molecule has 0 saturated heterocycles. The van der Waals surface area contributed by atoms with Crippen LogP contribution in [0.2, 0.25) is 0 Å². The molecule has 0 N–H and O–H groups in total. The van der Waals surface area contributed by atoms with Crippen molar-refractivity contribution in [1.29, 1.82) is 0 Å². The van der Waals surface area contributed by atoms with Crippen LogP contribution in [0.15, 0.2) is 168 Å². The van der Waals surface area contributed by atoms with E-state index >= 15 is 0 Å². The number of hydrogen-bond acceptors (Lipinski definition) is 2. The smallest absolute Gasteiger partial charge is 0.137 e. The molecule has 49 heavy (non-hydrogen) atoms. The van der Waals surface area contributed by atoms with Crippen LogP contribution < -0.4 is 4.90 Å². The van der Waals surface area contributed by atoms with Crippen LogP contribution >= 0.6 is 0 Å². The fourth-order valence-corrected chi connectivity index (χ4v) is 8.22. The van der Waals surface area contributed by atoms with Crippen LogP contribution in [0.3, 0.4) is 0 Å². The van der Waals surface area contributed by atoms with Gasteiger partial charge in [-0.3, -0.25) is 0 Å². The third-order valence-electron chi connectivity index (χ3n) is 10.6. The van der Waals surface area contributed by atoms with Crippen molar-refractivity contribution in [1.82, 2.24) is 0 Å². The van der Waals surface area contributed by atoms with Gasteiger partial charge in [0.2, 0.25) is 0 Å². The molecule has 9 aromatic rings. The Morgan fingerprint density at radius 3 is 1.96 bits per heavy atom. The molecule has 0 radical (unpaired) electrons. The number of hydrogen-bond donors (Lipinski definition) is 0. The Kier molecular flexibility index (Phi) is 5.95. The minimum atomic E-state index is -0.100. The molecule has 0 amide bonds. The Labute approximate surface area is 285 Å². The fourth-order valence-electron chi connectivity index (χ4n) is 8.22. The zero-order valence-electron chi connectivity index (χ0n) is 27.4. The molecule has 8 aromatic carbocycles. The molecule has 1 aliphatic carbocycles. The average molecular weight is 628 g/mol. The number of nitrogens with zero attached hydrogens (tertiary/aromatic N) is 1. The molecular formula is C47H33NO. The van der Waals surface area contributed by atoms with Crippen molar-refractivity contribution in [3.63, 3.8) is 0 Å². The van der Waals surface area contributed by atoms with Gasteiger partial charge in [0.05, 0.1) is 0 Å². The second-order valence-corrected chi connectivity index (χ2v) is 13.8. The summed E-state index contributed by atoms with van der Waals surface area (Å²) in [6, 6.07) is 59.4. The predicted octanol–water partition coefficient (Wildman–Crippen LogP) is 13.3. The van der Waals surface area contributed by atoms with Gasteiger partial charge < -0.3 is 9.32 Å². The quantitative estimate of drug-likeness (QED) is 0.193. The molecule has 0 fully saturated rings. The lowest BCUT2D eigenvalue weighted by Crippen LogP contribution is -2.16. The molecule has 0 aliphatic heterocycles. The Morgan fingerprint density at radius 2 is 1.08 bits per heavy atom. The van der Waals surface area contributed by atoms with Crippen molar-refractivity contribution < 1.29 is 4.42 Å². The number of anilines is 3. The van der Waals surface area contributed by atoms with Gasteiger partial charge in [-0.15, -0.1) is 0 Å². The summed E-state index contributed by atoms with van der Waals surface area (Å²) >= 11 is 0. The van der Waals surface area contributed by atoms with Gasteiger partial charge in [0.15, 0.2) is 0 Å². The van der Waals surface area contributed by atoms with E-state index in [2.05, 4.69) is 183 Å². The van der Waals surface area contributed by atoms with E-state index in [0.717, 1.165) is 39.0 Å². The summed E-state index contributed by atoms with van der Waals surface area (Å²) in [4.78, 5) is 2.38. The molecule has 0 atom stereocenters. The first-order valence-corrected chi connectivity index (χ1v) is 17.0. The summed E-state index contributed by atoms with van der Waals surface area (Å²) in [5.41, 5.74) is 12.7. The van der Waals surface area contributed by atoms with Gasteiger partial charge in [0.1, 0.15) is 11.2 Å². The van der Waals surface area contributed by atoms with Crippen molar-refractivity contribution in [3.05, 3.63) is 175 Å². The summed E-state index contributed by atoms with van der Waals surface area (Å²) in [6.07, 6.45) is 0. The molecule has 10 rings (SSSR count). The summed E-state index contributed by atoms with van der Waals surface area (Å²) in [5.74, 6) is 0. The SMILES string of the molecule is CC1(C)c2ccccc2-c2ccc(N(c3ccc4ccccc4c3)c3ccc4c(c3)oc3cc(-c5ccccc5)c5ccccc5c34)cc21. The van der Waals surface area contributed by atoms with Crippen molar-refractivity contribution >= 4 is 60.5 Å². The van der Waals surface area contributed by atoms with Crippen LogP contribution in [0.25, 0.3) is 65.7 Å². The third kappa shape index (κ3) is 4.20. The van der Waals surface area contributed by atoms with E-state index in [0.29, 0.717) is 0 Å². The second-order valence-electron chi connectivity index (χ2n) is 13.8. The molecule has 0 saturated carbocycles. The highest BCUT2D eigenvalue weighted by Gasteiger charge is 2.35. The third-order valence-corrected chi connectivity index (χ3v) is 10.6. The van der Waals surface area contributed by atoms with Gasteiger partial charge in [0, 0.05) is 39.3 Å². The van der Waals surface area contributed by atoms with Crippen molar-refractivity contribution in [2.75, 3.05) is 4.90 Å². The Balaban J connectivity index is 1.19. The number of rotatable bonds is 4. The minimum Gasteiger partial charge on any atom is -0.456 e. The molecule has 2 heteroatoms. The van der Waals surface area contributed by atoms with Crippen molar-refractivity contribution in [2.45, 2.75) is 19.3 Å². The molecular weight excluding hydrogens is 595 g/mol. The van der Waals surface area contributed by atoms with Crippen LogP contribution in [-0.4, -0.2) is 0 Å². The van der Waals surface area contributed by atoms with Crippen LogP contribution in [0.4, 0.5) is 17.1 Å². The van der Waals surface area contributed by atoms with Crippen molar-refractivity contribution in [2.24, 2.45) is 0 Å².